The van der Waals surface area contributed by atoms with Crippen molar-refractivity contribution in [2.45, 2.75) is 45.1 Å². The van der Waals surface area contributed by atoms with Gasteiger partial charge in [0, 0.05) is 31.5 Å². The van der Waals surface area contributed by atoms with Gasteiger partial charge in [0.15, 0.2) is 0 Å². The third kappa shape index (κ3) is 4.91. The number of phenols is 1. The number of hydrogen-bond donors (Lipinski definition) is 2. The molecular formula is C28H33NO3. The van der Waals surface area contributed by atoms with Crippen molar-refractivity contribution in [2.24, 2.45) is 0 Å². The number of aromatic hydroxyl groups is 1. The van der Waals surface area contributed by atoms with Gasteiger partial charge in [-0.3, -0.25) is 0 Å². The summed E-state index contributed by atoms with van der Waals surface area (Å²) in [7, 11) is 1.72. The van der Waals surface area contributed by atoms with E-state index >= 15 is 0 Å². The Labute approximate surface area is 191 Å². The molecule has 0 fully saturated rings. The molecule has 0 aromatic heterocycles. The molecule has 0 saturated carbocycles. The van der Waals surface area contributed by atoms with Gasteiger partial charge in [0.25, 0.3) is 0 Å². The Bertz CT molecular complexity index is 1050. The number of phenolic OH excluding ortho intramolecular Hbond substituents is 1. The molecule has 4 heteroatoms. The Hall–Kier alpha value is -2.98. The summed E-state index contributed by atoms with van der Waals surface area (Å²) < 4.78 is 5.58. The zero-order valence-corrected chi connectivity index (χ0v) is 19.1. The molecule has 2 N–H and O–H groups in total. The second kappa shape index (κ2) is 10.1. The van der Waals surface area contributed by atoms with Gasteiger partial charge in [-0.2, -0.15) is 0 Å². The zero-order valence-electron chi connectivity index (χ0n) is 19.1. The normalized spacial score (nSPS) is 15.3. The molecule has 0 saturated heterocycles. The van der Waals surface area contributed by atoms with E-state index in [0.717, 1.165) is 43.7 Å². The van der Waals surface area contributed by atoms with Gasteiger partial charge in [-0.25, -0.2) is 0 Å². The van der Waals surface area contributed by atoms with Gasteiger partial charge in [-0.05, 0) is 84.5 Å². The number of rotatable bonds is 8. The standard InChI is InChI=1S/C28H33NO3/c1-3-29(19-21-6-4-20(5-7-21)14-15-30)28-18-26(32-2)12-13-27(28)24-9-8-23-17-25(31)11-10-22(23)16-24/h4-7,10-13,17-18,24,30-31H,3,8-9,14-16,19H2,1-2H3. The average molecular weight is 432 g/mol. The highest BCUT2D eigenvalue weighted by molar-refractivity contribution is 5.60. The van der Waals surface area contributed by atoms with Crippen LogP contribution in [-0.4, -0.2) is 30.5 Å². The van der Waals surface area contributed by atoms with Gasteiger partial charge >= 0.3 is 0 Å². The highest BCUT2D eigenvalue weighted by Gasteiger charge is 2.24. The van der Waals surface area contributed by atoms with E-state index in [4.69, 9.17) is 9.84 Å². The molecule has 3 aromatic carbocycles. The fourth-order valence-corrected chi connectivity index (χ4v) is 4.80. The van der Waals surface area contributed by atoms with Crippen LogP contribution in [0.4, 0.5) is 5.69 Å². The minimum atomic E-state index is 0.178. The van der Waals surface area contributed by atoms with Crippen molar-refractivity contribution < 1.29 is 14.9 Å². The minimum absolute atomic E-state index is 0.178. The minimum Gasteiger partial charge on any atom is -0.508 e. The Morgan fingerprint density at radius 3 is 2.47 bits per heavy atom. The summed E-state index contributed by atoms with van der Waals surface area (Å²) in [6, 6.07) is 20.8. The van der Waals surface area contributed by atoms with Crippen molar-refractivity contribution in [2.75, 3.05) is 25.2 Å². The SMILES string of the molecule is CCN(Cc1ccc(CCO)cc1)c1cc(OC)ccc1C1CCc2cc(O)ccc2C1. The molecule has 1 aliphatic rings. The maximum atomic E-state index is 9.83. The van der Waals surface area contributed by atoms with Crippen LogP contribution >= 0.6 is 0 Å². The van der Waals surface area contributed by atoms with Crippen LogP contribution in [0, 0.1) is 0 Å². The van der Waals surface area contributed by atoms with Gasteiger partial charge < -0.3 is 19.8 Å². The lowest BCUT2D eigenvalue weighted by Gasteiger charge is -2.32. The van der Waals surface area contributed by atoms with Crippen LogP contribution in [0.25, 0.3) is 0 Å². The molecule has 0 radical (unpaired) electrons. The molecule has 168 valence electrons. The zero-order chi connectivity index (χ0) is 22.5. The monoisotopic (exact) mass is 431 g/mol. The molecule has 0 amide bonds. The van der Waals surface area contributed by atoms with Gasteiger partial charge in [0.05, 0.1) is 7.11 Å². The number of aryl methyl sites for hydroxylation is 1. The fourth-order valence-electron chi connectivity index (χ4n) is 4.80. The van der Waals surface area contributed by atoms with Crippen LogP contribution in [0.15, 0.2) is 60.7 Å². The molecule has 0 spiro atoms. The van der Waals surface area contributed by atoms with Crippen LogP contribution in [0.3, 0.4) is 0 Å². The molecule has 3 aromatic rings. The average Bonchev–Trinajstić information content (AvgIpc) is 2.83. The number of nitrogens with zero attached hydrogens (tertiary/aromatic N) is 1. The summed E-state index contributed by atoms with van der Waals surface area (Å²) in [5.74, 6) is 1.67. The van der Waals surface area contributed by atoms with Gasteiger partial charge in [0.1, 0.15) is 11.5 Å². The lowest BCUT2D eigenvalue weighted by atomic mass is 9.79. The van der Waals surface area contributed by atoms with E-state index < -0.39 is 0 Å². The molecule has 1 atom stereocenters. The summed E-state index contributed by atoms with van der Waals surface area (Å²) in [6.45, 7) is 4.10. The number of ether oxygens (including phenoxy) is 1. The third-order valence-corrected chi connectivity index (χ3v) is 6.62. The second-order valence-corrected chi connectivity index (χ2v) is 8.62. The van der Waals surface area contributed by atoms with Crippen molar-refractivity contribution in [3.05, 3.63) is 88.5 Å². The first kappa shape index (κ1) is 22.2. The topological polar surface area (TPSA) is 52.9 Å². The summed E-state index contributed by atoms with van der Waals surface area (Å²) in [5.41, 5.74) is 7.62. The summed E-state index contributed by atoms with van der Waals surface area (Å²) in [4.78, 5) is 2.42. The Balaban J connectivity index is 1.62. The Kier molecular flexibility index (Phi) is 7.01. The maximum Gasteiger partial charge on any atom is 0.120 e. The van der Waals surface area contributed by atoms with Crippen molar-refractivity contribution in [3.8, 4) is 11.5 Å². The van der Waals surface area contributed by atoms with E-state index in [9.17, 15) is 5.11 Å². The number of methoxy groups -OCH3 is 1. The van der Waals surface area contributed by atoms with E-state index in [-0.39, 0.29) is 6.61 Å². The number of benzene rings is 3. The van der Waals surface area contributed by atoms with Crippen LogP contribution < -0.4 is 9.64 Å². The van der Waals surface area contributed by atoms with Crippen LogP contribution in [-0.2, 0) is 25.8 Å². The fraction of sp³-hybridized carbons (Fsp3) is 0.357. The number of fused-ring (bicyclic) bond motifs is 1. The van der Waals surface area contributed by atoms with Crippen LogP contribution in [0.2, 0.25) is 0 Å². The van der Waals surface area contributed by atoms with Crippen molar-refractivity contribution >= 4 is 5.69 Å². The lowest BCUT2D eigenvalue weighted by Crippen LogP contribution is -2.25. The molecule has 0 heterocycles. The maximum absolute atomic E-state index is 9.83. The predicted octanol–water partition coefficient (Wildman–Crippen LogP) is 5.23. The Morgan fingerprint density at radius 2 is 1.75 bits per heavy atom. The Morgan fingerprint density at radius 1 is 0.969 bits per heavy atom. The lowest BCUT2D eigenvalue weighted by molar-refractivity contribution is 0.299. The smallest absolute Gasteiger partial charge is 0.120 e. The number of hydrogen-bond acceptors (Lipinski definition) is 4. The highest BCUT2D eigenvalue weighted by Crippen LogP contribution is 2.40. The van der Waals surface area contributed by atoms with Crippen LogP contribution in [0.5, 0.6) is 11.5 Å². The quantitative estimate of drug-likeness (QED) is 0.512. The number of aliphatic hydroxyl groups is 1. The summed E-state index contributed by atoms with van der Waals surface area (Å²) in [5, 5.41) is 19.0. The molecule has 4 rings (SSSR count). The molecule has 1 unspecified atom stereocenters. The van der Waals surface area contributed by atoms with Gasteiger partial charge in [-0.15, -0.1) is 0 Å². The largest absolute Gasteiger partial charge is 0.508 e. The molecule has 32 heavy (non-hydrogen) atoms. The van der Waals surface area contributed by atoms with E-state index in [1.165, 1.54) is 27.9 Å². The summed E-state index contributed by atoms with van der Waals surface area (Å²) >= 11 is 0. The second-order valence-electron chi connectivity index (χ2n) is 8.62. The van der Waals surface area contributed by atoms with Gasteiger partial charge in [0.2, 0.25) is 0 Å². The van der Waals surface area contributed by atoms with Crippen LogP contribution in [0.1, 0.15) is 47.1 Å². The number of aliphatic hydroxyl groups excluding tert-OH is 1. The van der Waals surface area contributed by atoms with Crippen molar-refractivity contribution in [3.63, 3.8) is 0 Å². The highest BCUT2D eigenvalue weighted by atomic mass is 16.5. The van der Waals surface area contributed by atoms with E-state index in [0.29, 0.717) is 18.1 Å². The third-order valence-electron chi connectivity index (χ3n) is 6.62. The predicted molar refractivity (Wildman–Crippen MR) is 130 cm³/mol. The van der Waals surface area contributed by atoms with Crippen molar-refractivity contribution in [1.29, 1.82) is 0 Å². The molecule has 4 nitrogen and oxygen atoms in total. The summed E-state index contributed by atoms with van der Waals surface area (Å²) in [6.07, 6.45) is 3.74. The first-order valence-corrected chi connectivity index (χ1v) is 11.5. The van der Waals surface area contributed by atoms with Gasteiger partial charge in [-0.1, -0.05) is 36.4 Å². The molecule has 0 bridgehead atoms. The van der Waals surface area contributed by atoms with E-state index in [2.05, 4.69) is 60.4 Å². The molecule has 1 aliphatic carbocycles. The molecule has 0 aliphatic heterocycles. The number of anilines is 1. The van der Waals surface area contributed by atoms with Crippen molar-refractivity contribution in [1.82, 2.24) is 0 Å². The first-order valence-electron chi connectivity index (χ1n) is 11.5. The first-order chi connectivity index (χ1) is 15.6. The molecular weight excluding hydrogens is 398 g/mol. The van der Waals surface area contributed by atoms with E-state index in [1.807, 2.05) is 6.07 Å². The van der Waals surface area contributed by atoms with E-state index in [1.54, 1.807) is 13.2 Å².